The van der Waals surface area contributed by atoms with Gasteiger partial charge in [0.1, 0.15) is 17.3 Å². The molecule has 2 aromatic heterocycles. The predicted molar refractivity (Wildman–Crippen MR) is 73.2 cm³/mol. The number of aromatic nitrogens is 3. The Labute approximate surface area is 114 Å². The zero-order valence-corrected chi connectivity index (χ0v) is 10.5. The van der Waals surface area contributed by atoms with E-state index in [9.17, 15) is 4.39 Å². The maximum Gasteiger partial charge on any atom is 0.158 e. The summed E-state index contributed by atoms with van der Waals surface area (Å²) in [5.41, 5.74) is 8.00. The number of nitrogen functional groups attached to an aromatic ring is 1. The molecule has 0 unspecified atom stereocenters. The molecule has 3 aromatic rings. The van der Waals surface area contributed by atoms with Crippen LogP contribution in [0.25, 0.3) is 5.65 Å². The van der Waals surface area contributed by atoms with Crippen LogP contribution in [-0.2, 0) is 6.42 Å². The lowest BCUT2D eigenvalue weighted by Crippen LogP contribution is -2.15. The van der Waals surface area contributed by atoms with E-state index < -0.39 is 0 Å². The second-order valence-corrected chi connectivity index (χ2v) is 4.45. The molecule has 0 saturated heterocycles. The van der Waals surface area contributed by atoms with E-state index in [0.29, 0.717) is 23.5 Å². The number of halogens is 1. The minimum atomic E-state index is -0.287. The molecule has 5 nitrogen and oxygen atoms in total. The standard InChI is InChI=1S/C14H12FN5/c15-10-3-1-2-9(6-10)7-11-14-18-4-5-20(14)8-12(19-11)13(16)17/h1-6,8H,7H2,(H3,16,17). The average molecular weight is 269 g/mol. The third kappa shape index (κ3) is 2.23. The Bertz CT molecular complexity index is 793. The second kappa shape index (κ2) is 4.73. The summed E-state index contributed by atoms with van der Waals surface area (Å²) in [6.45, 7) is 0. The van der Waals surface area contributed by atoms with Gasteiger partial charge in [0.25, 0.3) is 0 Å². The van der Waals surface area contributed by atoms with E-state index in [2.05, 4.69) is 9.97 Å². The predicted octanol–water partition coefficient (Wildman–Crippen LogP) is 1.74. The Morgan fingerprint density at radius 2 is 2.25 bits per heavy atom. The van der Waals surface area contributed by atoms with E-state index in [1.807, 2.05) is 6.07 Å². The molecule has 2 heterocycles. The van der Waals surface area contributed by atoms with Crippen LogP contribution in [0.4, 0.5) is 4.39 Å². The summed E-state index contributed by atoms with van der Waals surface area (Å²) in [6, 6.07) is 6.34. The summed E-state index contributed by atoms with van der Waals surface area (Å²) in [4.78, 5) is 8.58. The number of amidine groups is 1. The molecule has 0 bridgehead atoms. The minimum Gasteiger partial charge on any atom is -0.382 e. The van der Waals surface area contributed by atoms with Crippen molar-refractivity contribution in [2.45, 2.75) is 6.42 Å². The topological polar surface area (TPSA) is 80.1 Å². The molecule has 1 aromatic carbocycles. The molecule has 6 heteroatoms. The van der Waals surface area contributed by atoms with Crippen LogP contribution in [0.5, 0.6) is 0 Å². The first-order chi connectivity index (χ1) is 9.63. The van der Waals surface area contributed by atoms with Crippen molar-refractivity contribution >= 4 is 11.5 Å². The number of rotatable bonds is 3. The summed E-state index contributed by atoms with van der Waals surface area (Å²) in [6.07, 6.45) is 5.49. The van der Waals surface area contributed by atoms with Crippen molar-refractivity contribution in [3.63, 3.8) is 0 Å². The highest BCUT2D eigenvalue weighted by Crippen LogP contribution is 2.14. The molecule has 3 rings (SSSR count). The maximum absolute atomic E-state index is 13.2. The second-order valence-electron chi connectivity index (χ2n) is 4.45. The Morgan fingerprint density at radius 3 is 3.00 bits per heavy atom. The largest absolute Gasteiger partial charge is 0.382 e. The Morgan fingerprint density at radius 1 is 1.40 bits per heavy atom. The van der Waals surface area contributed by atoms with E-state index >= 15 is 0 Å². The molecule has 0 saturated carbocycles. The van der Waals surface area contributed by atoms with Crippen LogP contribution in [0.3, 0.4) is 0 Å². The molecular formula is C14H12FN5. The van der Waals surface area contributed by atoms with Crippen molar-refractivity contribution < 1.29 is 4.39 Å². The monoisotopic (exact) mass is 269 g/mol. The molecule has 0 radical (unpaired) electrons. The summed E-state index contributed by atoms with van der Waals surface area (Å²) in [5.74, 6) is -0.398. The first-order valence-electron chi connectivity index (χ1n) is 6.05. The summed E-state index contributed by atoms with van der Waals surface area (Å²) >= 11 is 0. The molecule has 0 spiro atoms. The van der Waals surface area contributed by atoms with Gasteiger partial charge < -0.3 is 10.1 Å². The number of nitrogens with two attached hydrogens (primary N) is 1. The lowest BCUT2D eigenvalue weighted by Gasteiger charge is -2.07. The number of hydrogen-bond acceptors (Lipinski definition) is 3. The van der Waals surface area contributed by atoms with Crippen molar-refractivity contribution in [2.75, 3.05) is 0 Å². The van der Waals surface area contributed by atoms with Gasteiger partial charge in [0, 0.05) is 25.0 Å². The molecule has 3 N–H and O–H groups in total. The van der Waals surface area contributed by atoms with Gasteiger partial charge in [0.2, 0.25) is 0 Å². The highest BCUT2D eigenvalue weighted by Gasteiger charge is 2.10. The highest BCUT2D eigenvalue weighted by atomic mass is 19.1. The lowest BCUT2D eigenvalue weighted by atomic mass is 10.1. The van der Waals surface area contributed by atoms with Gasteiger partial charge in [-0.05, 0) is 17.7 Å². The zero-order valence-electron chi connectivity index (χ0n) is 10.5. The van der Waals surface area contributed by atoms with Crippen LogP contribution < -0.4 is 5.73 Å². The van der Waals surface area contributed by atoms with Crippen LogP contribution in [0, 0.1) is 11.2 Å². The lowest BCUT2D eigenvalue weighted by molar-refractivity contribution is 0.626. The molecule has 0 amide bonds. The van der Waals surface area contributed by atoms with Gasteiger partial charge in [0.15, 0.2) is 5.65 Å². The fourth-order valence-electron chi connectivity index (χ4n) is 2.09. The number of nitrogens with one attached hydrogen (secondary N) is 1. The van der Waals surface area contributed by atoms with Gasteiger partial charge in [-0.25, -0.2) is 14.4 Å². The number of hydrogen-bond donors (Lipinski definition) is 2. The number of benzene rings is 1. The molecular weight excluding hydrogens is 257 g/mol. The fourth-order valence-corrected chi connectivity index (χ4v) is 2.09. The van der Waals surface area contributed by atoms with Crippen LogP contribution in [-0.4, -0.2) is 20.2 Å². The van der Waals surface area contributed by atoms with Gasteiger partial charge >= 0.3 is 0 Å². The molecule has 0 aliphatic carbocycles. The van der Waals surface area contributed by atoms with Gasteiger partial charge in [0.05, 0.1) is 5.69 Å². The van der Waals surface area contributed by atoms with Crippen LogP contribution in [0.15, 0.2) is 42.9 Å². The Balaban J connectivity index is 2.09. The number of fused-ring (bicyclic) bond motifs is 1. The smallest absolute Gasteiger partial charge is 0.158 e. The Kier molecular flexibility index (Phi) is 2.90. The van der Waals surface area contributed by atoms with Gasteiger partial charge in [-0.1, -0.05) is 12.1 Å². The van der Waals surface area contributed by atoms with Gasteiger partial charge in [-0.15, -0.1) is 0 Å². The molecule has 20 heavy (non-hydrogen) atoms. The quantitative estimate of drug-likeness (QED) is 0.561. The molecule has 100 valence electrons. The van der Waals surface area contributed by atoms with E-state index in [1.165, 1.54) is 12.1 Å². The summed E-state index contributed by atoms with van der Waals surface area (Å²) in [5, 5.41) is 7.50. The van der Waals surface area contributed by atoms with Crippen LogP contribution in [0.1, 0.15) is 17.0 Å². The third-order valence-electron chi connectivity index (χ3n) is 2.98. The molecule has 0 aliphatic heterocycles. The molecule has 0 fully saturated rings. The molecule has 0 atom stereocenters. The van der Waals surface area contributed by atoms with Crippen LogP contribution in [0.2, 0.25) is 0 Å². The highest BCUT2D eigenvalue weighted by molar-refractivity contribution is 5.93. The van der Waals surface area contributed by atoms with Gasteiger partial charge in [-0.2, -0.15) is 0 Å². The van der Waals surface area contributed by atoms with E-state index in [1.54, 1.807) is 29.1 Å². The average Bonchev–Trinajstić information content (AvgIpc) is 2.87. The first kappa shape index (κ1) is 12.3. The first-order valence-corrected chi connectivity index (χ1v) is 6.05. The zero-order chi connectivity index (χ0) is 14.1. The number of nitrogens with zero attached hydrogens (tertiary/aromatic N) is 3. The van der Waals surface area contributed by atoms with Crippen LogP contribution >= 0.6 is 0 Å². The van der Waals surface area contributed by atoms with E-state index in [0.717, 1.165) is 5.56 Å². The Hall–Kier alpha value is -2.76. The summed E-state index contributed by atoms with van der Waals surface area (Å²) in [7, 11) is 0. The molecule has 0 aliphatic rings. The van der Waals surface area contributed by atoms with E-state index in [4.69, 9.17) is 11.1 Å². The van der Waals surface area contributed by atoms with Crippen molar-refractivity contribution in [3.05, 3.63) is 65.6 Å². The van der Waals surface area contributed by atoms with Gasteiger partial charge in [-0.3, -0.25) is 5.41 Å². The summed E-state index contributed by atoms with van der Waals surface area (Å²) < 4.78 is 15.0. The third-order valence-corrected chi connectivity index (χ3v) is 2.98. The van der Waals surface area contributed by atoms with Crippen molar-refractivity contribution in [1.82, 2.24) is 14.4 Å². The fraction of sp³-hybridized carbons (Fsp3) is 0.0714. The van der Waals surface area contributed by atoms with E-state index in [-0.39, 0.29) is 11.7 Å². The SMILES string of the molecule is N=C(N)c1cn2ccnc2c(Cc2cccc(F)c2)n1. The maximum atomic E-state index is 13.2. The minimum absolute atomic E-state index is 0.110. The van der Waals surface area contributed by atoms with Crippen molar-refractivity contribution in [2.24, 2.45) is 5.73 Å². The van der Waals surface area contributed by atoms with Crippen molar-refractivity contribution in [3.8, 4) is 0 Å². The van der Waals surface area contributed by atoms with Crippen molar-refractivity contribution in [1.29, 1.82) is 5.41 Å². The number of imidazole rings is 1. The normalized spacial score (nSPS) is 10.8.